The SMILES string of the molecule is C=C=C(/C=C\Cc1ccccc1S)N(C(=C/C)/C(=C\C)C1=C(C)C=CCC1)C1CC=C(c2ccc3c(c2)C2(C(=C)/C=C\C(CC)C(C)(C)c4ccccc42)c2ccccc2-3)CC1. The van der Waals surface area contributed by atoms with Gasteiger partial charge in [0.1, 0.15) is 0 Å². The molecule has 0 aromatic heterocycles. The largest absolute Gasteiger partial charge is 0.331 e. The number of nitrogens with zero attached hydrogens (tertiary/aromatic N) is 1. The summed E-state index contributed by atoms with van der Waals surface area (Å²) in [6.45, 7) is 23.0. The van der Waals surface area contributed by atoms with E-state index in [1.54, 1.807) is 0 Å². The zero-order chi connectivity index (χ0) is 43.6. The number of fused-ring (bicyclic) bond motifs is 7. The van der Waals surface area contributed by atoms with Gasteiger partial charge in [-0.05, 0) is 168 Å². The average molecular weight is 830 g/mol. The first-order valence-electron chi connectivity index (χ1n) is 22.8. The summed E-state index contributed by atoms with van der Waals surface area (Å²) in [7, 11) is 0. The van der Waals surface area contributed by atoms with Crippen LogP contribution in [0.5, 0.6) is 0 Å². The van der Waals surface area contributed by atoms with Crippen molar-refractivity contribution in [2.45, 2.75) is 108 Å². The Morgan fingerprint density at radius 3 is 2.29 bits per heavy atom. The van der Waals surface area contributed by atoms with E-state index >= 15 is 0 Å². The summed E-state index contributed by atoms with van der Waals surface area (Å²) in [6.07, 6.45) is 27.8. The third-order valence-corrected chi connectivity index (χ3v) is 14.9. The monoisotopic (exact) mass is 829 g/mol. The van der Waals surface area contributed by atoms with E-state index in [0.717, 1.165) is 61.1 Å². The van der Waals surface area contributed by atoms with Crippen LogP contribution in [0, 0.1) is 5.92 Å². The second-order valence-electron chi connectivity index (χ2n) is 18.0. The Bertz CT molecular complexity index is 2680. The van der Waals surface area contributed by atoms with Crippen molar-refractivity contribution < 1.29 is 0 Å². The first kappa shape index (κ1) is 43.1. The quantitative estimate of drug-likeness (QED) is 0.0947. The molecule has 0 heterocycles. The number of hydrogen-bond donors (Lipinski definition) is 1. The Morgan fingerprint density at radius 2 is 1.60 bits per heavy atom. The lowest BCUT2D eigenvalue weighted by Gasteiger charge is -2.43. The summed E-state index contributed by atoms with van der Waals surface area (Å²) in [6, 6.07) is 34.2. The molecule has 8 rings (SSSR count). The van der Waals surface area contributed by atoms with E-state index in [1.807, 2.05) is 6.07 Å². The first-order valence-corrected chi connectivity index (χ1v) is 23.3. The maximum Gasteiger partial charge on any atom is 0.0837 e. The Hall–Kier alpha value is -5.53. The van der Waals surface area contributed by atoms with Crippen LogP contribution in [0.15, 0.2) is 203 Å². The molecule has 3 atom stereocenters. The van der Waals surface area contributed by atoms with Crippen LogP contribution in [0.4, 0.5) is 0 Å². The van der Waals surface area contributed by atoms with Crippen molar-refractivity contribution >= 4 is 18.2 Å². The van der Waals surface area contributed by atoms with Gasteiger partial charge in [0, 0.05) is 16.6 Å². The predicted octanol–water partition coefficient (Wildman–Crippen LogP) is 15.9. The van der Waals surface area contributed by atoms with Crippen LogP contribution in [0.3, 0.4) is 0 Å². The third kappa shape index (κ3) is 7.46. The molecule has 0 aliphatic heterocycles. The molecule has 0 saturated heterocycles. The normalized spacial score (nSPS) is 22.4. The minimum Gasteiger partial charge on any atom is -0.331 e. The highest BCUT2D eigenvalue weighted by Gasteiger charge is 2.50. The van der Waals surface area contributed by atoms with Gasteiger partial charge in [-0.2, -0.15) is 0 Å². The second kappa shape index (κ2) is 18.1. The van der Waals surface area contributed by atoms with Gasteiger partial charge in [0.2, 0.25) is 0 Å². The van der Waals surface area contributed by atoms with Crippen molar-refractivity contribution in [2.24, 2.45) is 5.92 Å². The molecule has 0 bridgehead atoms. The minimum atomic E-state index is -0.492. The fraction of sp³-hybridized carbons (Fsp3) is 0.283. The van der Waals surface area contributed by atoms with Crippen LogP contribution in [0.1, 0.15) is 113 Å². The van der Waals surface area contributed by atoms with E-state index in [-0.39, 0.29) is 11.5 Å². The fourth-order valence-corrected chi connectivity index (χ4v) is 11.4. The highest BCUT2D eigenvalue weighted by molar-refractivity contribution is 7.80. The van der Waals surface area contributed by atoms with Crippen molar-refractivity contribution in [1.29, 1.82) is 0 Å². The molecule has 4 aromatic rings. The molecule has 2 heteroatoms. The van der Waals surface area contributed by atoms with Gasteiger partial charge < -0.3 is 4.90 Å². The van der Waals surface area contributed by atoms with Crippen LogP contribution in [0.2, 0.25) is 0 Å². The zero-order valence-corrected chi connectivity index (χ0v) is 38.7. The molecule has 0 N–H and O–H groups in total. The number of hydrogen-bond acceptors (Lipinski definition) is 2. The van der Waals surface area contributed by atoms with E-state index in [9.17, 15) is 0 Å². The summed E-state index contributed by atoms with van der Waals surface area (Å²) < 4.78 is 0. The first-order chi connectivity index (χ1) is 30.1. The molecule has 1 spiro atoms. The van der Waals surface area contributed by atoms with Crippen LogP contribution < -0.4 is 0 Å². The second-order valence-corrected chi connectivity index (χ2v) is 18.5. The standard InChI is InChI=1S/C60H63NS/c1-9-46-36-32-42(6)60(55-30-19-18-29-54(55)59(46,7)8)53-28-17-16-27-51(53)52-39-35-45(40-56(52)60)43-33-37-48(38-34-43)61(47(10-2)25-21-24-44-23-14-20-31-58(44)62)57(12-4)49(11-3)50-26-15-13-22-41(50)5/h11-14,16-23,25,27-33,35-36,39-40,46,48,62H,2,6,9,15,24,26,34,37-38H2,1,3-5,7-8H3/b25-21-,36-32-,49-11-,57-12+. The zero-order valence-electron chi connectivity index (χ0n) is 37.8. The molecule has 4 aromatic carbocycles. The van der Waals surface area contributed by atoms with Crippen molar-refractivity contribution in [3.05, 3.63) is 232 Å². The van der Waals surface area contributed by atoms with E-state index in [2.05, 4.69) is 198 Å². The molecule has 0 saturated carbocycles. The van der Waals surface area contributed by atoms with E-state index in [1.165, 1.54) is 72.5 Å². The molecule has 4 aliphatic rings. The molecule has 1 nitrogen and oxygen atoms in total. The van der Waals surface area contributed by atoms with Gasteiger partial charge in [-0.15, -0.1) is 18.4 Å². The number of benzene rings is 4. The minimum absolute atomic E-state index is 0.0514. The van der Waals surface area contributed by atoms with Crippen molar-refractivity contribution in [2.75, 3.05) is 0 Å². The Morgan fingerprint density at radius 1 is 0.871 bits per heavy atom. The summed E-state index contributed by atoms with van der Waals surface area (Å²) in [5.41, 5.74) is 22.3. The van der Waals surface area contributed by atoms with Crippen LogP contribution in [0.25, 0.3) is 16.7 Å². The number of rotatable bonds is 10. The molecular weight excluding hydrogens is 767 g/mol. The maximum atomic E-state index is 4.94. The third-order valence-electron chi connectivity index (χ3n) is 14.4. The highest BCUT2D eigenvalue weighted by atomic mass is 32.1. The lowest BCUT2D eigenvalue weighted by Crippen LogP contribution is -2.37. The van der Waals surface area contributed by atoms with E-state index in [4.69, 9.17) is 19.2 Å². The highest BCUT2D eigenvalue weighted by Crippen LogP contribution is 2.59. The van der Waals surface area contributed by atoms with E-state index < -0.39 is 5.41 Å². The summed E-state index contributed by atoms with van der Waals surface area (Å²) in [5, 5.41) is 0. The summed E-state index contributed by atoms with van der Waals surface area (Å²) >= 11 is 4.74. The average Bonchev–Trinajstić information content (AvgIpc) is 3.59. The Balaban J connectivity index is 1.20. The van der Waals surface area contributed by atoms with Crippen molar-refractivity contribution in [1.82, 2.24) is 4.90 Å². The van der Waals surface area contributed by atoms with Crippen molar-refractivity contribution in [3.63, 3.8) is 0 Å². The fourth-order valence-electron chi connectivity index (χ4n) is 11.2. The van der Waals surface area contributed by atoms with Gasteiger partial charge in [0.15, 0.2) is 0 Å². The molecule has 4 aliphatic carbocycles. The number of allylic oxidation sites excluding steroid dienone is 12. The van der Waals surface area contributed by atoms with Crippen molar-refractivity contribution in [3.8, 4) is 11.1 Å². The molecule has 0 amide bonds. The predicted molar refractivity (Wildman–Crippen MR) is 269 cm³/mol. The van der Waals surface area contributed by atoms with Gasteiger partial charge in [-0.25, -0.2) is 0 Å². The lowest BCUT2D eigenvalue weighted by molar-refractivity contribution is 0.307. The molecule has 3 unspecified atom stereocenters. The number of thiol groups is 1. The van der Waals surface area contributed by atoms with Crippen LogP contribution >= 0.6 is 12.6 Å². The maximum absolute atomic E-state index is 4.94. The molecule has 314 valence electrons. The summed E-state index contributed by atoms with van der Waals surface area (Å²) in [5.74, 6) is 0.407. The van der Waals surface area contributed by atoms with Gasteiger partial charge >= 0.3 is 0 Å². The van der Waals surface area contributed by atoms with Gasteiger partial charge in [0.05, 0.1) is 11.1 Å². The Labute approximate surface area is 378 Å². The van der Waals surface area contributed by atoms with Gasteiger partial charge in [-0.3, -0.25) is 0 Å². The van der Waals surface area contributed by atoms with Gasteiger partial charge in [-0.1, -0.05) is 161 Å². The van der Waals surface area contributed by atoms with Crippen LogP contribution in [-0.2, 0) is 17.3 Å². The van der Waals surface area contributed by atoms with E-state index in [0.29, 0.717) is 5.92 Å². The Kier molecular flexibility index (Phi) is 12.6. The summed E-state index contributed by atoms with van der Waals surface area (Å²) in [4.78, 5) is 3.55. The smallest absolute Gasteiger partial charge is 0.0837 e. The topological polar surface area (TPSA) is 3.24 Å². The molecule has 0 fully saturated rings. The van der Waals surface area contributed by atoms with Gasteiger partial charge in [0.25, 0.3) is 0 Å². The molecule has 62 heavy (non-hydrogen) atoms. The molecule has 0 radical (unpaired) electrons. The van der Waals surface area contributed by atoms with Crippen LogP contribution in [-0.4, -0.2) is 10.9 Å². The lowest BCUT2D eigenvalue weighted by atomic mass is 9.59. The molecular formula is C60H63NS.